The van der Waals surface area contributed by atoms with Gasteiger partial charge in [-0.3, -0.25) is 4.79 Å². The van der Waals surface area contributed by atoms with Crippen molar-refractivity contribution in [1.29, 1.82) is 0 Å². The van der Waals surface area contributed by atoms with E-state index in [1.165, 1.54) is 25.7 Å². The highest BCUT2D eigenvalue weighted by atomic mass is 16.5. The van der Waals surface area contributed by atoms with Crippen LogP contribution in [0.3, 0.4) is 0 Å². The van der Waals surface area contributed by atoms with Crippen LogP contribution in [0.1, 0.15) is 51.4 Å². The van der Waals surface area contributed by atoms with Crippen LogP contribution in [0, 0.1) is 36.0 Å². The molecular formula is C19H26O3. The van der Waals surface area contributed by atoms with E-state index in [-0.39, 0.29) is 24.4 Å². The Morgan fingerprint density at radius 1 is 1.27 bits per heavy atom. The second kappa shape index (κ2) is 6.87. The average Bonchev–Trinajstić information content (AvgIpc) is 2.51. The zero-order valence-corrected chi connectivity index (χ0v) is 13.1. The number of aliphatic hydroxyl groups is 1. The smallest absolute Gasteiger partial charge is 0.308 e. The third-order valence-corrected chi connectivity index (χ3v) is 5.70. The number of rotatable bonds is 3. The van der Waals surface area contributed by atoms with Crippen LogP contribution in [0.4, 0.5) is 0 Å². The topological polar surface area (TPSA) is 46.5 Å². The van der Waals surface area contributed by atoms with Gasteiger partial charge in [-0.25, -0.2) is 0 Å². The van der Waals surface area contributed by atoms with Gasteiger partial charge in [0.2, 0.25) is 0 Å². The van der Waals surface area contributed by atoms with Gasteiger partial charge in [0.25, 0.3) is 0 Å². The second-order valence-electron chi connectivity index (χ2n) is 7.14. The molecule has 3 heteroatoms. The first kappa shape index (κ1) is 15.6. The molecule has 3 rings (SSSR count). The summed E-state index contributed by atoms with van der Waals surface area (Å²) < 4.78 is 5.38. The van der Waals surface area contributed by atoms with Crippen LogP contribution in [0.2, 0.25) is 0 Å². The molecule has 3 aliphatic rings. The molecule has 1 N–H and O–H groups in total. The maximum Gasteiger partial charge on any atom is 0.308 e. The van der Waals surface area contributed by atoms with E-state index in [9.17, 15) is 9.90 Å². The Labute approximate surface area is 133 Å². The zero-order valence-electron chi connectivity index (χ0n) is 13.1. The first-order valence-corrected chi connectivity index (χ1v) is 8.69. The molecule has 0 aromatic carbocycles. The van der Waals surface area contributed by atoms with Crippen molar-refractivity contribution in [1.82, 2.24) is 0 Å². The predicted octanol–water partition coefficient (Wildman–Crippen LogP) is 3.07. The molecule has 0 amide bonds. The molecule has 1 aliphatic heterocycles. The fraction of sp³-hybridized carbons (Fsp3) is 0.737. The van der Waals surface area contributed by atoms with Gasteiger partial charge in [-0.15, -0.1) is 6.42 Å². The van der Waals surface area contributed by atoms with E-state index < -0.39 is 6.10 Å². The minimum Gasteiger partial charge on any atom is -0.462 e. The lowest BCUT2D eigenvalue weighted by Gasteiger charge is -2.41. The summed E-state index contributed by atoms with van der Waals surface area (Å²) in [5.41, 5.74) is 0. The Hall–Kier alpha value is -1.27. The third-order valence-electron chi connectivity index (χ3n) is 5.70. The van der Waals surface area contributed by atoms with Gasteiger partial charge in [0.05, 0.1) is 12.5 Å². The number of hydrogen-bond donors (Lipinski definition) is 1. The quantitative estimate of drug-likeness (QED) is 0.495. The summed E-state index contributed by atoms with van der Waals surface area (Å²) in [4.78, 5) is 11.5. The van der Waals surface area contributed by atoms with E-state index in [0.717, 1.165) is 12.8 Å². The van der Waals surface area contributed by atoms with Crippen molar-refractivity contribution >= 4 is 5.97 Å². The zero-order chi connectivity index (χ0) is 15.5. The van der Waals surface area contributed by atoms with E-state index in [1.807, 2.05) is 0 Å². The van der Waals surface area contributed by atoms with Gasteiger partial charge in [-0.05, 0) is 43.4 Å². The highest BCUT2D eigenvalue weighted by Crippen LogP contribution is 2.45. The van der Waals surface area contributed by atoms with Crippen LogP contribution in [0.15, 0.2) is 12.2 Å². The molecule has 2 fully saturated rings. The first-order chi connectivity index (χ1) is 10.7. The Morgan fingerprint density at radius 3 is 2.86 bits per heavy atom. The molecule has 0 spiro atoms. The molecule has 1 saturated carbocycles. The summed E-state index contributed by atoms with van der Waals surface area (Å²) >= 11 is 0. The Kier molecular flexibility index (Phi) is 4.88. The molecule has 0 aromatic rings. The van der Waals surface area contributed by atoms with Crippen molar-refractivity contribution in [3.05, 3.63) is 12.2 Å². The number of terminal acetylenes is 1. The van der Waals surface area contributed by atoms with Crippen LogP contribution in [-0.2, 0) is 9.53 Å². The summed E-state index contributed by atoms with van der Waals surface area (Å²) in [6, 6.07) is 0. The SMILES string of the molecule is C#CC1C=CC2CCCCC2C1CC[C@@H]1C[C@@H](O)CC(=O)O1. The van der Waals surface area contributed by atoms with E-state index in [4.69, 9.17) is 11.2 Å². The largest absolute Gasteiger partial charge is 0.462 e. The minimum absolute atomic E-state index is 0.136. The third kappa shape index (κ3) is 3.38. The van der Waals surface area contributed by atoms with E-state index in [0.29, 0.717) is 24.2 Å². The Balaban J connectivity index is 1.63. The standard InChI is InChI=1S/C19H26O3/c1-2-13-7-8-14-5-3-4-6-17(14)18(13)10-9-16-11-15(20)12-19(21)22-16/h1,7-8,13-18,20H,3-6,9-12H2/t13?,14?,15-,16-,17?,18?/m1/s1. The highest BCUT2D eigenvalue weighted by molar-refractivity contribution is 5.70. The number of carbonyl (C=O) groups excluding carboxylic acids is 1. The van der Waals surface area contributed by atoms with Gasteiger partial charge < -0.3 is 9.84 Å². The van der Waals surface area contributed by atoms with Gasteiger partial charge >= 0.3 is 5.97 Å². The average molecular weight is 302 g/mol. The summed E-state index contributed by atoms with van der Waals surface area (Å²) in [5, 5.41) is 9.73. The fourth-order valence-corrected chi connectivity index (χ4v) is 4.62. The van der Waals surface area contributed by atoms with Crippen molar-refractivity contribution in [3.8, 4) is 12.3 Å². The lowest BCUT2D eigenvalue weighted by molar-refractivity contribution is -0.160. The molecule has 120 valence electrons. The number of carbonyl (C=O) groups is 1. The van der Waals surface area contributed by atoms with Gasteiger partial charge in [0, 0.05) is 12.3 Å². The van der Waals surface area contributed by atoms with Crippen LogP contribution < -0.4 is 0 Å². The first-order valence-electron chi connectivity index (χ1n) is 8.69. The Bertz CT molecular complexity index is 476. The molecular weight excluding hydrogens is 276 g/mol. The lowest BCUT2D eigenvalue weighted by Crippen LogP contribution is -2.36. The molecule has 0 radical (unpaired) electrons. The van der Waals surface area contributed by atoms with Crippen molar-refractivity contribution in [2.45, 2.75) is 63.6 Å². The van der Waals surface area contributed by atoms with Crippen LogP contribution in [0.5, 0.6) is 0 Å². The number of fused-ring (bicyclic) bond motifs is 1. The molecule has 3 nitrogen and oxygen atoms in total. The summed E-state index contributed by atoms with van der Waals surface area (Å²) in [5.74, 6) is 4.76. The lowest BCUT2D eigenvalue weighted by atomic mass is 9.63. The van der Waals surface area contributed by atoms with Crippen molar-refractivity contribution in [2.24, 2.45) is 23.7 Å². The Morgan fingerprint density at radius 2 is 2.09 bits per heavy atom. The van der Waals surface area contributed by atoms with E-state index in [1.54, 1.807) is 0 Å². The number of hydrogen-bond acceptors (Lipinski definition) is 3. The summed E-state index contributed by atoms with van der Waals surface area (Å²) in [6.45, 7) is 0. The van der Waals surface area contributed by atoms with Crippen LogP contribution in [0.25, 0.3) is 0 Å². The van der Waals surface area contributed by atoms with Crippen LogP contribution >= 0.6 is 0 Å². The van der Waals surface area contributed by atoms with E-state index in [2.05, 4.69) is 18.1 Å². The van der Waals surface area contributed by atoms with E-state index >= 15 is 0 Å². The molecule has 2 aliphatic carbocycles. The van der Waals surface area contributed by atoms with Crippen LogP contribution in [-0.4, -0.2) is 23.3 Å². The molecule has 1 heterocycles. The fourth-order valence-electron chi connectivity index (χ4n) is 4.62. The molecule has 4 unspecified atom stereocenters. The van der Waals surface area contributed by atoms with Gasteiger partial charge in [0.15, 0.2) is 0 Å². The normalized spacial score (nSPS) is 41.4. The van der Waals surface area contributed by atoms with Gasteiger partial charge in [-0.1, -0.05) is 30.9 Å². The maximum atomic E-state index is 11.5. The molecule has 0 aromatic heterocycles. The second-order valence-corrected chi connectivity index (χ2v) is 7.14. The molecule has 1 saturated heterocycles. The van der Waals surface area contributed by atoms with Gasteiger partial charge in [0.1, 0.15) is 6.10 Å². The number of cyclic esters (lactones) is 1. The summed E-state index contributed by atoms with van der Waals surface area (Å²) in [7, 11) is 0. The van der Waals surface area contributed by atoms with Crippen molar-refractivity contribution < 1.29 is 14.6 Å². The molecule has 22 heavy (non-hydrogen) atoms. The summed E-state index contributed by atoms with van der Waals surface area (Å²) in [6.07, 6.45) is 17.3. The number of ether oxygens (including phenoxy) is 1. The minimum atomic E-state index is -0.539. The van der Waals surface area contributed by atoms with Gasteiger partial charge in [-0.2, -0.15) is 0 Å². The number of allylic oxidation sites excluding steroid dienone is 2. The highest BCUT2D eigenvalue weighted by Gasteiger charge is 2.37. The maximum absolute atomic E-state index is 11.5. The van der Waals surface area contributed by atoms with Crippen molar-refractivity contribution in [2.75, 3.05) is 0 Å². The predicted molar refractivity (Wildman–Crippen MR) is 84.8 cm³/mol. The monoisotopic (exact) mass is 302 g/mol. The molecule has 6 atom stereocenters. The van der Waals surface area contributed by atoms with Crippen molar-refractivity contribution in [3.63, 3.8) is 0 Å². The number of aliphatic hydroxyl groups excluding tert-OH is 1. The number of esters is 1. The molecule has 0 bridgehead atoms.